The molecule has 1 aromatic heterocycles. The number of carbonyl (C=O) groups excluding carboxylic acids is 1. The number of ether oxygens (including phenoxy) is 3. The van der Waals surface area contributed by atoms with E-state index in [0.717, 1.165) is 35.3 Å². The van der Waals surface area contributed by atoms with Gasteiger partial charge in [0.05, 0.1) is 6.61 Å². The van der Waals surface area contributed by atoms with E-state index in [4.69, 9.17) is 18.6 Å². The Kier molecular flexibility index (Phi) is 8.37. The Labute approximate surface area is 203 Å². The second-order valence-electron chi connectivity index (χ2n) is 7.89. The molecule has 180 valence electrons. The zero-order valence-corrected chi connectivity index (χ0v) is 19.3. The number of unbranched alkanes of at least 4 members (excludes halogenated alkanes) is 1. The predicted molar refractivity (Wildman–Crippen MR) is 133 cm³/mol. The summed E-state index contributed by atoms with van der Waals surface area (Å²) in [5, 5.41) is 3.61. The van der Waals surface area contributed by atoms with Crippen LogP contribution in [-0.4, -0.2) is 25.7 Å². The number of hydrogen-bond acceptors (Lipinski definition) is 6. The van der Waals surface area contributed by atoms with Gasteiger partial charge in [-0.3, -0.25) is 4.79 Å². The van der Waals surface area contributed by atoms with Gasteiger partial charge in [-0.15, -0.1) is 0 Å². The number of benzene rings is 3. The van der Waals surface area contributed by atoms with Crippen molar-refractivity contribution in [2.75, 3.05) is 19.8 Å². The Bertz CT molecular complexity index is 1280. The first-order chi connectivity index (χ1) is 17.2. The van der Waals surface area contributed by atoms with E-state index in [0.29, 0.717) is 31.1 Å². The summed E-state index contributed by atoms with van der Waals surface area (Å²) >= 11 is 0. The maximum Gasteiger partial charge on any atom is 0.336 e. The van der Waals surface area contributed by atoms with E-state index in [1.807, 2.05) is 54.6 Å². The molecule has 4 rings (SSSR count). The molecule has 0 aliphatic rings. The van der Waals surface area contributed by atoms with Crippen LogP contribution in [0.3, 0.4) is 0 Å². The van der Waals surface area contributed by atoms with Crippen LogP contribution in [0.15, 0.2) is 94.1 Å². The van der Waals surface area contributed by atoms with Crippen LogP contribution >= 0.6 is 0 Å². The lowest BCUT2D eigenvalue weighted by molar-refractivity contribution is -0.123. The number of fused-ring (bicyclic) bond motifs is 1. The van der Waals surface area contributed by atoms with E-state index in [2.05, 4.69) is 5.32 Å². The molecule has 1 amide bonds. The summed E-state index contributed by atoms with van der Waals surface area (Å²) in [6.45, 7) is 1.50. The van der Waals surface area contributed by atoms with Gasteiger partial charge in [0.2, 0.25) is 0 Å². The Morgan fingerprint density at radius 1 is 0.771 bits per heavy atom. The molecule has 0 atom stereocenters. The Morgan fingerprint density at radius 3 is 2.29 bits per heavy atom. The lowest BCUT2D eigenvalue weighted by Crippen LogP contribution is -2.29. The van der Waals surface area contributed by atoms with E-state index in [1.165, 1.54) is 6.07 Å². The number of amides is 1. The van der Waals surface area contributed by atoms with Gasteiger partial charge in [-0.1, -0.05) is 30.3 Å². The van der Waals surface area contributed by atoms with Crippen LogP contribution in [0.2, 0.25) is 0 Å². The van der Waals surface area contributed by atoms with Gasteiger partial charge in [-0.2, -0.15) is 0 Å². The van der Waals surface area contributed by atoms with E-state index in [9.17, 15) is 9.59 Å². The van der Waals surface area contributed by atoms with Crippen molar-refractivity contribution in [1.82, 2.24) is 5.32 Å². The number of nitrogens with one attached hydrogen (secondary N) is 1. The van der Waals surface area contributed by atoms with E-state index in [-0.39, 0.29) is 12.5 Å². The molecule has 0 aliphatic heterocycles. The Hall–Kier alpha value is -4.26. The maximum atomic E-state index is 12.0. The van der Waals surface area contributed by atoms with Crippen LogP contribution in [0.4, 0.5) is 0 Å². The molecule has 7 heteroatoms. The largest absolute Gasteiger partial charge is 0.494 e. The van der Waals surface area contributed by atoms with Crippen molar-refractivity contribution in [1.29, 1.82) is 0 Å². The van der Waals surface area contributed by atoms with Gasteiger partial charge >= 0.3 is 5.63 Å². The molecule has 0 saturated carbocycles. The molecule has 1 N–H and O–H groups in total. The second kappa shape index (κ2) is 12.3. The van der Waals surface area contributed by atoms with Crippen LogP contribution < -0.4 is 25.2 Å². The van der Waals surface area contributed by atoms with Crippen molar-refractivity contribution in [2.45, 2.75) is 19.4 Å². The van der Waals surface area contributed by atoms with Crippen molar-refractivity contribution in [2.24, 2.45) is 0 Å². The van der Waals surface area contributed by atoms with E-state index < -0.39 is 5.63 Å². The molecule has 0 aliphatic carbocycles. The highest BCUT2D eigenvalue weighted by Gasteiger charge is 2.05. The highest BCUT2D eigenvalue weighted by molar-refractivity contribution is 5.79. The topological polar surface area (TPSA) is 87.0 Å². The Balaban J connectivity index is 1.08. The van der Waals surface area contributed by atoms with Crippen LogP contribution in [0, 0.1) is 0 Å². The summed E-state index contributed by atoms with van der Waals surface area (Å²) < 4.78 is 22.1. The molecule has 0 saturated heterocycles. The lowest BCUT2D eigenvalue weighted by atomic mass is 10.2. The first kappa shape index (κ1) is 23.9. The summed E-state index contributed by atoms with van der Waals surface area (Å²) in [5.74, 6) is 1.82. The minimum absolute atomic E-state index is 0.113. The van der Waals surface area contributed by atoms with E-state index >= 15 is 0 Å². The fourth-order valence-corrected chi connectivity index (χ4v) is 3.35. The summed E-state index contributed by atoms with van der Waals surface area (Å²) in [6.07, 6.45) is 1.59. The normalized spacial score (nSPS) is 10.6. The van der Waals surface area contributed by atoms with Gasteiger partial charge in [0.15, 0.2) is 6.61 Å². The molecule has 0 fully saturated rings. The van der Waals surface area contributed by atoms with Crippen molar-refractivity contribution in [3.63, 3.8) is 0 Å². The van der Waals surface area contributed by atoms with E-state index in [1.54, 1.807) is 24.3 Å². The summed E-state index contributed by atoms with van der Waals surface area (Å²) in [6, 6.07) is 25.7. The second-order valence-corrected chi connectivity index (χ2v) is 7.89. The standard InChI is InChI=1S/C28H27NO6/c30-27(20-34-25-10-8-22-9-15-28(31)35-26(22)18-25)29-16-4-5-17-32-23-11-13-24(14-12-23)33-19-21-6-2-1-3-7-21/h1-3,6-15,18H,4-5,16-17,19-20H2,(H,29,30). The zero-order valence-electron chi connectivity index (χ0n) is 19.3. The highest BCUT2D eigenvalue weighted by atomic mass is 16.5. The summed E-state index contributed by atoms with van der Waals surface area (Å²) in [5.41, 5.74) is 1.11. The molecule has 0 unspecified atom stereocenters. The third-order valence-corrected chi connectivity index (χ3v) is 5.20. The SMILES string of the molecule is O=C(COc1ccc2ccc(=O)oc2c1)NCCCCOc1ccc(OCc2ccccc2)cc1. The van der Waals surface area contributed by atoms with Gasteiger partial charge in [0.1, 0.15) is 29.4 Å². The number of rotatable bonds is 12. The van der Waals surface area contributed by atoms with Crippen molar-refractivity contribution >= 4 is 16.9 Å². The maximum absolute atomic E-state index is 12.0. The van der Waals surface area contributed by atoms with Crippen LogP contribution in [0.1, 0.15) is 18.4 Å². The zero-order chi connectivity index (χ0) is 24.3. The molecule has 4 aromatic rings. The van der Waals surface area contributed by atoms with Gasteiger partial charge in [-0.05, 0) is 60.9 Å². The van der Waals surface area contributed by atoms with Crippen molar-refractivity contribution < 1.29 is 23.4 Å². The average molecular weight is 474 g/mol. The summed E-state index contributed by atoms with van der Waals surface area (Å²) in [7, 11) is 0. The molecule has 3 aromatic carbocycles. The number of carbonyl (C=O) groups is 1. The molecule has 0 spiro atoms. The van der Waals surface area contributed by atoms with Gasteiger partial charge in [0.25, 0.3) is 5.91 Å². The van der Waals surface area contributed by atoms with Crippen LogP contribution in [0.25, 0.3) is 11.0 Å². The minimum Gasteiger partial charge on any atom is -0.494 e. The smallest absolute Gasteiger partial charge is 0.336 e. The Morgan fingerprint density at radius 2 is 1.49 bits per heavy atom. The minimum atomic E-state index is -0.429. The monoisotopic (exact) mass is 473 g/mol. The predicted octanol–water partition coefficient (Wildman–Crippen LogP) is 4.73. The first-order valence-electron chi connectivity index (χ1n) is 11.5. The third kappa shape index (κ3) is 7.64. The molecule has 0 bridgehead atoms. The van der Waals surface area contributed by atoms with Gasteiger partial charge in [-0.25, -0.2) is 4.79 Å². The molecule has 7 nitrogen and oxygen atoms in total. The van der Waals surface area contributed by atoms with Gasteiger partial charge < -0.3 is 23.9 Å². The number of hydrogen-bond donors (Lipinski definition) is 1. The molecule has 35 heavy (non-hydrogen) atoms. The van der Waals surface area contributed by atoms with Crippen LogP contribution in [-0.2, 0) is 11.4 Å². The van der Waals surface area contributed by atoms with Gasteiger partial charge in [0, 0.05) is 24.1 Å². The van der Waals surface area contributed by atoms with Crippen molar-refractivity contribution in [3.8, 4) is 17.2 Å². The first-order valence-corrected chi connectivity index (χ1v) is 11.5. The molecular weight excluding hydrogens is 446 g/mol. The third-order valence-electron chi connectivity index (χ3n) is 5.20. The average Bonchev–Trinajstić information content (AvgIpc) is 2.89. The van der Waals surface area contributed by atoms with Crippen LogP contribution in [0.5, 0.6) is 17.2 Å². The fourth-order valence-electron chi connectivity index (χ4n) is 3.35. The highest BCUT2D eigenvalue weighted by Crippen LogP contribution is 2.20. The quantitative estimate of drug-likeness (QED) is 0.237. The van der Waals surface area contributed by atoms with Crippen molar-refractivity contribution in [3.05, 3.63) is 101 Å². The lowest BCUT2D eigenvalue weighted by Gasteiger charge is -2.10. The molecule has 0 radical (unpaired) electrons. The molecular formula is C28H27NO6. The summed E-state index contributed by atoms with van der Waals surface area (Å²) in [4.78, 5) is 23.3. The fraction of sp³-hybridized carbons (Fsp3) is 0.214. The molecule has 1 heterocycles.